The molecule has 2 heterocycles. The van der Waals surface area contributed by atoms with E-state index in [1.54, 1.807) is 25.5 Å². The van der Waals surface area contributed by atoms with Crippen molar-refractivity contribution >= 4 is 29.9 Å². The van der Waals surface area contributed by atoms with Crippen LogP contribution in [-0.4, -0.2) is 52.1 Å². The smallest absolute Gasteiger partial charge is 0.422 e. The van der Waals surface area contributed by atoms with Gasteiger partial charge in [0.05, 0.1) is 0 Å². The molecule has 2 aromatic heterocycles. The van der Waals surface area contributed by atoms with Crippen LogP contribution in [0.4, 0.5) is 13.2 Å². The second-order valence-corrected chi connectivity index (χ2v) is 5.52. The van der Waals surface area contributed by atoms with Crippen LogP contribution in [0.1, 0.15) is 18.3 Å². The maximum Gasteiger partial charge on any atom is 0.422 e. The molecule has 0 unspecified atom stereocenters. The van der Waals surface area contributed by atoms with Gasteiger partial charge in [-0.15, -0.1) is 34.2 Å². The Bertz CT molecular complexity index is 752. The molecule has 0 amide bonds. The van der Waals surface area contributed by atoms with Gasteiger partial charge in [0, 0.05) is 44.9 Å². The fourth-order valence-corrected chi connectivity index (χ4v) is 2.27. The number of nitrogens with one attached hydrogen (secondary N) is 2. The Balaban J connectivity index is 0.00000392. The number of hydrogen-bond donors (Lipinski definition) is 2. The number of nitrogens with zero attached hydrogens (tertiary/aromatic N) is 5. The molecule has 2 N–H and O–H groups in total. The normalized spacial score (nSPS) is 11.7. The highest BCUT2D eigenvalue weighted by Gasteiger charge is 2.29. The molecule has 0 saturated heterocycles. The van der Waals surface area contributed by atoms with E-state index in [0.717, 1.165) is 12.2 Å². The Hall–Kier alpha value is -2.12. The lowest BCUT2D eigenvalue weighted by atomic mass is 10.2. The van der Waals surface area contributed by atoms with Crippen molar-refractivity contribution in [1.29, 1.82) is 0 Å². The highest BCUT2D eigenvalue weighted by molar-refractivity contribution is 14.0. The van der Waals surface area contributed by atoms with Gasteiger partial charge in [0.1, 0.15) is 12.2 Å². The van der Waals surface area contributed by atoms with Gasteiger partial charge in [-0.1, -0.05) is 13.0 Å². The molecule has 0 aliphatic carbocycles. The van der Waals surface area contributed by atoms with Gasteiger partial charge in [0.15, 0.2) is 12.6 Å². The van der Waals surface area contributed by atoms with Gasteiger partial charge in [-0.3, -0.25) is 4.99 Å². The van der Waals surface area contributed by atoms with Crippen LogP contribution in [0, 0.1) is 0 Å². The van der Waals surface area contributed by atoms with E-state index >= 15 is 0 Å². The van der Waals surface area contributed by atoms with Crippen LogP contribution in [0.5, 0.6) is 5.88 Å². The van der Waals surface area contributed by atoms with Crippen molar-refractivity contribution in [2.75, 3.05) is 20.2 Å². The summed E-state index contributed by atoms with van der Waals surface area (Å²) in [7, 11) is 1.61. The first-order valence-corrected chi connectivity index (χ1v) is 8.37. The van der Waals surface area contributed by atoms with E-state index in [0.29, 0.717) is 24.6 Å². The fraction of sp³-hybridized carbons (Fsp3) is 0.500. The van der Waals surface area contributed by atoms with Crippen molar-refractivity contribution in [2.24, 2.45) is 4.99 Å². The Kier molecular flexibility index (Phi) is 9.96. The van der Waals surface area contributed by atoms with Crippen molar-refractivity contribution < 1.29 is 17.9 Å². The van der Waals surface area contributed by atoms with Crippen LogP contribution >= 0.6 is 24.0 Å². The zero-order chi connectivity index (χ0) is 19.7. The summed E-state index contributed by atoms with van der Waals surface area (Å²) in [4.78, 5) is 7.95. The number of aromatic nitrogens is 4. The maximum absolute atomic E-state index is 12.3. The summed E-state index contributed by atoms with van der Waals surface area (Å²) in [5.41, 5.74) is 0.497. The molecule has 0 aliphatic heterocycles. The van der Waals surface area contributed by atoms with E-state index in [9.17, 15) is 13.2 Å². The zero-order valence-electron chi connectivity index (χ0n) is 15.5. The summed E-state index contributed by atoms with van der Waals surface area (Å²) >= 11 is 0. The minimum absolute atomic E-state index is 0. The van der Waals surface area contributed by atoms with Gasteiger partial charge >= 0.3 is 6.18 Å². The minimum Gasteiger partial charge on any atom is -0.468 e. The third-order valence-corrected chi connectivity index (χ3v) is 3.55. The Morgan fingerprint density at radius 3 is 2.79 bits per heavy atom. The molecule has 8 nitrogen and oxygen atoms in total. The molecule has 0 saturated carbocycles. The molecular weight excluding hydrogens is 490 g/mol. The van der Waals surface area contributed by atoms with Crippen molar-refractivity contribution in [1.82, 2.24) is 30.4 Å². The molecule has 2 aromatic rings. The molecule has 0 fully saturated rings. The first-order chi connectivity index (χ1) is 12.9. The summed E-state index contributed by atoms with van der Waals surface area (Å²) < 4.78 is 43.7. The molecule has 156 valence electrons. The van der Waals surface area contributed by atoms with Crippen molar-refractivity contribution in [3.05, 3.63) is 36.0 Å². The second-order valence-electron chi connectivity index (χ2n) is 5.52. The summed E-state index contributed by atoms with van der Waals surface area (Å²) in [5, 5.41) is 14.0. The first kappa shape index (κ1) is 23.9. The fourth-order valence-electron chi connectivity index (χ4n) is 2.27. The van der Waals surface area contributed by atoms with Gasteiger partial charge in [-0.2, -0.15) is 13.2 Å². The van der Waals surface area contributed by atoms with E-state index < -0.39 is 12.8 Å². The van der Waals surface area contributed by atoms with Crippen molar-refractivity contribution in [3.8, 4) is 5.88 Å². The number of rotatable bonds is 8. The summed E-state index contributed by atoms with van der Waals surface area (Å²) in [6.07, 6.45) is -0.586. The largest absolute Gasteiger partial charge is 0.468 e. The average Bonchev–Trinajstić information content (AvgIpc) is 3.10. The van der Waals surface area contributed by atoms with Crippen LogP contribution in [0.2, 0.25) is 0 Å². The Labute approximate surface area is 178 Å². The molecule has 0 aromatic carbocycles. The molecule has 0 spiro atoms. The molecule has 0 atom stereocenters. The van der Waals surface area contributed by atoms with E-state index in [2.05, 4.69) is 30.8 Å². The summed E-state index contributed by atoms with van der Waals surface area (Å²) in [5.74, 6) is 1.34. The number of aryl methyl sites for hydroxylation is 1. The van der Waals surface area contributed by atoms with E-state index in [1.807, 2.05) is 11.5 Å². The van der Waals surface area contributed by atoms with Gasteiger partial charge in [0.25, 0.3) is 0 Å². The lowest BCUT2D eigenvalue weighted by Crippen LogP contribution is -2.38. The second kappa shape index (κ2) is 11.7. The Morgan fingerprint density at radius 2 is 2.11 bits per heavy atom. The van der Waals surface area contributed by atoms with Crippen molar-refractivity contribution in [2.45, 2.75) is 32.6 Å². The quantitative estimate of drug-likeness (QED) is 0.320. The molecule has 0 aliphatic rings. The first-order valence-electron chi connectivity index (χ1n) is 8.37. The number of aliphatic imine (C=N–C) groups is 1. The highest BCUT2D eigenvalue weighted by Crippen LogP contribution is 2.19. The monoisotopic (exact) mass is 513 g/mol. The standard InChI is InChI=1S/C16H22F3N7O.HI/c1-3-13-25-24-11-26(13)8-7-22-15(20-2)23-9-12-5-4-6-21-14(12)27-10-16(17,18)19;/h4-6,11H,3,7-10H2,1-2H3,(H2,20,22,23);1H. The molecule has 0 radical (unpaired) electrons. The lowest BCUT2D eigenvalue weighted by molar-refractivity contribution is -0.154. The van der Waals surface area contributed by atoms with Gasteiger partial charge < -0.3 is 19.9 Å². The predicted molar refractivity (Wildman–Crippen MR) is 109 cm³/mol. The number of pyridine rings is 1. The summed E-state index contributed by atoms with van der Waals surface area (Å²) in [6, 6.07) is 3.27. The zero-order valence-corrected chi connectivity index (χ0v) is 17.9. The lowest BCUT2D eigenvalue weighted by Gasteiger charge is -2.15. The van der Waals surface area contributed by atoms with Gasteiger partial charge in [-0.25, -0.2) is 4.98 Å². The minimum atomic E-state index is -4.42. The molecule has 2 rings (SSSR count). The molecule has 12 heteroatoms. The average molecular weight is 513 g/mol. The number of ether oxygens (including phenoxy) is 1. The van der Waals surface area contributed by atoms with Gasteiger partial charge in [0.2, 0.25) is 5.88 Å². The molecule has 28 heavy (non-hydrogen) atoms. The number of halogens is 4. The van der Waals surface area contributed by atoms with Crippen LogP contribution in [0.15, 0.2) is 29.6 Å². The molecular formula is C16H23F3IN7O. The number of hydrogen-bond acceptors (Lipinski definition) is 5. The van der Waals surface area contributed by atoms with Gasteiger partial charge in [-0.05, 0) is 6.07 Å². The molecule has 0 bridgehead atoms. The third-order valence-electron chi connectivity index (χ3n) is 3.55. The van der Waals surface area contributed by atoms with Crippen LogP contribution < -0.4 is 15.4 Å². The van der Waals surface area contributed by atoms with E-state index in [4.69, 9.17) is 4.74 Å². The topological polar surface area (TPSA) is 89.2 Å². The summed E-state index contributed by atoms with van der Waals surface area (Å²) in [6.45, 7) is 2.07. The highest BCUT2D eigenvalue weighted by atomic mass is 127. The van der Waals surface area contributed by atoms with Crippen LogP contribution in [-0.2, 0) is 19.5 Å². The SMILES string of the molecule is CCc1nncn1CCNC(=NC)NCc1cccnc1OCC(F)(F)F.I. The van der Waals surface area contributed by atoms with Crippen LogP contribution in [0.25, 0.3) is 0 Å². The Morgan fingerprint density at radius 1 is 1.32 bits per heavy atom. The van der Waals surface area contributed by atoms with Crippen molar-refractivity contribution in [3.63, 3.8) is 0 Å². The third kappa shape index (κ3) is 7.86. The van der Waals surface area contributed by atoms with E-state index in [1.165, 1.54) is 6.20 Å². The number of alkyl halides is 3. The predicted octanol–water partition coefficient (Wildman–Crippen LogP) is 2.16. The van der Waals surface area contributed by atoms with E-state index in [-0.39, 0.29) is 36.4 Å². The maximum atomic E-state index is 12.3. The number of guanidine groups is 1. The van der Waals surface area contributed by atoms with Crippen LogP contribution in [0.3, 0.4) is 0 Å².